The van der Waals surface area contributed by atoms with Crippen LogP contribution in [-0.4, -0.2) is 21.5 Å². The highest BCUT2D eigenvalue weighted by Crippen LogP contribution is 2.14. The Balaban J connectivity index is 1.96. The molecule has 0 saturated carbocycles. The third-order valence-corrected chi connectivity index (χ3v) is 2.72. The van der Waals surface area contributed by atoms with Crippen molar-refractivity contribution in [2.24, 2.45) is 0 Å². The van der Waals surface area contributed by atoms with E-state index >= 15 is 0 Å². The standard InChI is InChI=1S/C14H19N5/c1-10(2)14-18-12(15)8-13(19-14)17-7-5-11-4-3-6-16-9-11/h3-4,6,8-10H,5,7H2,1-2H3,(H3,15,17,18,19). The van der Waals surface area contributed by atoms with Crippen molar-refractivity contribution in [3.63, 3.8) is 0 Å². The predicted octanol–water partition coefficient (Wildman–Crippen LogP) is 2.23. The number of rotatable bonds is 5. The summed E-state index contributed by atoms with van der Waals surface area (Å²) in [5, 5.41) is 3.27. The molecule has 2 rings (SSSR count). The number of nitrogens with one attached hydrogen (secondary N) is 1. The second-order valence-corrected chi connectivity index (χ2v) is 4.73. The van der Waals surface area contributed by atoms with E-state index in [0.717, 1.165) is 24.6 Å². The van der Waals surface area contributed by atoms with Crippen LogP contribution >= 0.6 is 0 Å². The van der Waals surface area contributed by atoms with Crippen LogP contribution in [0.5, 0.6) is 0 Å². The van der Waals surface area contributed by atoms with Gasteiger partial charge in [-0.25, -0.2) is 9.97 Å². The minimum atomic E-state index is 0.266. The molecule has 5 nitrogen and oxygen atoms in total. The third-order valence-electron chi connectivity index (χ3n) is 2.72. The van der Waals surface area contributed by atoms with Crippen LogP contribution in [0.2, 0.25) is 0 Å². The molecule has 100 valence electrons. The third kappa shape index (κ3) is 3.91. The van der Waals surface area contributed by atoms with Crippen LogP contribution in [0.1, 0.15) is 31.2 Å². The van der Waals surface area contributed by atoms with E-state index < -0.39 is 0 Å². The number of aromatic nitrogens is 3. The minimum Gasteiger partial charge on any atom is -0.384 e. The molecule has 0 aliphatic rings. The molecule has 0 atom stereocenters. The van der Waals surface area contributed by atoms with Crippen LogP contribution in [0, 0.1) is 0 Å². The molecule has 0 bridgehead atoms. The number of hydrogen-bond donors (Lipinski definition) is 2. The number of pyridine rings is 1. The maximum atomic E-state index is 5.78. The topological polar surface area (TPSA) is 76.7 Å². The molecular weight excluding hydrogens is 238 g/mol. The van der Waals surface area contributed by atoms with Gasteiger partial charge in [-0.15, -0.1) is 0 Å². The molecule has 0 amide bonds. The normalized spacial score (nSPS) is 10.7. The van der Waals surface area contributed by atoms with Crippen molar-refractivity contribution in [1.29, 1.82) is 0 Å². The van der Waals surface area contributed by atoms with E-state index in [-0.39, 0.29) is 5.92 Å². The molecule has 0 aliphatic carbocycles. The fourth-order valence-electron chi connectivity index (χ4n) is 1.71. The summed E-state index contributed by atoms with van der Waals surface area (Å²) < 4.78 is 0. The Bertz CT molecular complexity index is 525. The lowest BCUT2D eigenvalue weighted by Crippen LogP contribution is -2.10. The van der Waals surface area contributed by atoms with E-state index in [1.165, 1.54) is 5.56 Å². The summed E-state index contributed by atoms with van der Waals surface area (Å²) in [5.41, 5.74) is 6.97. The van der Waals surface area contributed by atoms with Gasteiger partial charge in [0.1, 0.15) is 17.5 Å². The zero-order valence-electron chi connectivity index (χ0n) is 11.3. The van der Waals surface area contributed by atoms with E-state index in [2.05, 4.69) is 26.3 Å². The molecule has 0 fully saturated rings. The lowest BCUT2D eigenvalue weighted by atomic mass is 10.2. The largest absolute Gasteiger partial charge is 0.384 e. The van der Waals surface area contributed by atoms with Crippen LogP contribution in [0.3, 0.4) is 0 Å². The highest BCUT2D eigenvalue weighted by molar-refractivity contribution is 5.45. The van der Waals surface area contributed by atoms with Gasteiger partial charge < -0.3 is 11.1 Å². The molecule has 0 spiro atoms. The van der Waals surface area contributed by atoms with Gasteiger partial charge in [0.2, 0.25) is 0 Å². The summed E-state index contributed by atoms with van der Waals surface area (Å²) in [5.74, 6) is 2.31. The Hall–Kier alpha value is -2.17. The zero-order valence-corrected chi connectivity index (χ0v) is 11.3. The Labute approximate surface area is 113 Å². The van der Waals surface area contributed by atoms with Crippen molar-refractivity contribution in [3.8, 4) is 0 Å². The van der Waals surface area contributed by atoms with E-state index in [4.69, 9.17) is 5.73 Å². The fraction of sp³-hybridized carbons (Fsp3) is 0.357. The van der Waals surface area contributed by atoms with Crippen LogP contribution in [0.4, 0.5) is 11.6 Å². The molecule has 2 heterocycles. The van der Waals surface area contributed by atoms with Gasteiger partial charge in [-0.1, -0.05) is 19.9 Å². The number of hydrogen-bond acceptors (Lipinski definition) is 5. The first-order valence-corrected chi connectivity index (χ1v) is 6.42. The predicted molar refractivity (Wildman–Crippen MR) is 77.0 cm³/mol. The molecule has 19 heavy (non-hydrogen) atoms. The summed E-state index contributed by atoms with van der Waals surface area (Å²) in [6.45, 7) is 4.89. The van der Waals surface area contributed by atoms with Crippen LogP contribution in [-0.2, 0) is 6.42 Å². The summed E-state index contributed by atoms with van der Waals surface area (Å²) in [4.78, 5) is 12.8. The van der Waals surface area contributed by atoms with E-state index in [1.807, 2.05) is 26.1 Å². The average molecular weight is 257 g/mol. The monoisotopic (exact) mass is 257 g/mol. The SMILES string of the molecule is CC(C)c1nc(N)cc(NCCc2cccnc2)n1. The maximum Gasteiger partial charge on any atom is 0.135 e. The Morgan fingerprint density at radius 3 is 2.84 bits per heavy atom. The first-order chi connectivity index (χ1) is 9.15. The highest BCUT2D eigenvalue weighted by atomic mass is 15.0. The van der Waals surface area contributed by atoms with Gasteiger partial charge in [-0.2, -0.15) is 0 Å². The number of nitrogen functional groups attached to an aromatic ring is 1. The van der Waals surface area contributed by atoms with Gasteiger partial charge in [0.25, 0.3) is 0 Å². The quantitative estimate of drug-likeness (QED) is 0.859. The van der Waals surface area contributed by atoms with E-state index in [9.17, 15) is 0 Å². The van der Waals surface area contributed by atoms with Crippen LogP contribution in [0.25, 0.3) is 0 Å². The average Bonchev–Trinajstić information content (AvgIpc) is 2.39. The van der Waals surface area contributed by atoms with Gasteiger partial charge in [0, 0.05) is 30.9 Å². The van der Waals surface area contributed by atoms with Gasteiger partial charge >= 0.3 is 0 Å². The van der Waals surface area contributed by atoms with Crippen molar-refractivity contribution in [3.05, 3.63) is 42.0 Å². The summed E-state index contributed by atoms with van der Waals surface area (Å²) >= 11 is 0. The zero-order chi connectivity index (χ0) is 13.7. The summed E-state index contributed by atoms with van der Waals surface area (Å²) in [6.07, 6.45) is 4.54. The van der Waals surface area contributed by atoms with Gasteiger partial charge in [0.15, 0.2) is 0 Å². The number of nitrogens with zero attached hydrogens (tertiary/aromatic N) is 3. The molecule has 2 aromatic rings. The second kappa shape index (κ2) is 6.13. The summed E-state index contributed by atoms with van der Waals surface area (Å²) in [6, 6.07) is 5.76. The first kappa shape index (κ1) is 13.3. The Morgan fingerprint density at radius 2 is 2.16 bits per heavy atom. The van der Waals surface area contributed by atoms with Gasteiger partial charge in [-0.3, -0.25) is 4.98 Å². The lowest BCUT2D eigenvalue weighted by Gasteiger charge is -2.10. The van der Waals surface area contributed by atoms with Crippen LogP contribution in [0.15, 0.2) is 30.6 Å². The Morgan fingerprint density at radius 1 is 1.32 bits per heavy atom. The lowest BCUT2D eigenvalue weighted by molar-refractivity contribution is 0.776. The van der Waals surface area contributed by atoms with Crippen molar-refractivity contribution in [1.82, 2.24) is 15.0 Å². The highest BCUT2D eigenvalue weighted by Gasteiger charge is 2.06. The van der Waals surface area contributed by atoms with Crippen molar-refractivity contribution < 1.29 is 0 Å². The van der Waals surface area contributed by atoms with Crippen molar-refractivity contribution in [2.45, 2.75) is 26.2 Å². The van der Waals surface area contributed by atoms with Gasteiger partial charge in [-0.05, 0) is 18.1 Å². The molecule has 2 aromatic heterocycles. The molecule has 3 N–H and O–H groups in total. The number of anilines is 2. The van der Waals surface area contributed by atoms with Gasteiger partial charge in [0.05, 0.1) is 0 Å². The smallest absolute Gasteiger partial charge is 0.135 e. The summed E-state index contributed by atoms with van der Waals surface area (Å²) in [7, 11) is 0. The van der Waals surface area contributed by atoms with E-state index in [0.29, 0.717) is 5.82 Å². The van der Waals surface area contributed by atoms with E-state index in [1.54, 1.807) is 12.3 Å². The number of nitrogens with two attached hydrogens (primary N) is 1. The van der Waals surface area contributed by atoms with Crippen molar-refractivity contribution in [2.75, 3.05) is 17.6 Å². The molecular formula is C14H19N5. The first-order valence-electron chi connectivity index (χ1n) is 6.42. The molecule has 0 aliphatic heterocycles. The maximum absolute atomic E-state index is 5.78. The van der Waals surface area contributed by atoms with Crippen LogP contribution < -0.4 is 11.1 Å². The van der Waals surface area contributed by atoms with Crippen molar-refractivity contribution >= 4 is 11.6 Å². The fourth-order valence-corrected chi connectivity index (χ4v) is 1.71. The molecule has 0 radical (unpaired) electrons. The molecule has 0 aromatic carbocycles. The molecule has 5 heteroatoms. The Kier molecular flexibility index (Phi) is 4.28. The second-order valence-electron chi connectivity index (χ2n) is 4.73. The molecule has 0 saturated heterocycles. The minimum absolute atomic E-state index is 0.266. The molecule has 0 unspecified atom stereocenters.